The smallest absolute Gasteiger partial charge is 0.194 e. The quantitative estimate of drug-likeness (QED) is 0.434. The van der Waals surface area contributed by atoms with E-state index in [4.69, 9.17) is 14.3 Å². The first kappa shape index (κ1) is 18.3. The van der Waals surface area contributed by atoms with E-state index in [9.17, 15) is 4.79 Å². The Morgan fingerprint density at radius 3 is 2.71 bits per heavy atom. The molecule has 24 heavy (non-hydrogen) atoms. The van der Waals surface area contributed by atoms with Crippen LogP contribution in [0.15, 0.2) is 24.5 Å². The molecule has 0 saturated carbocycles. The highest BCUT2D eigenvalue weighted by molar-refractivity contribution is 5.43. The molecular weight excluding hydrogens is 308 g/mol. The van der Waals surface area contributed by atoms with Crippen LogP contribution in [0, 0.1) is 0 Å². The van der Waals surface area contributed by atoms with Gasteiger partial charge < -0.3 is 14.3 Å². The number of ether oxygens (including phenoxy) is 2. The first-order valence-electron chi connectivity index (χ1n) is 8.19. The third-order valence-electron chi connectivity index (χ3n) is 4.59. The zero-order chi connectivity index (χ0) is 17.5. The first-order valence-corrected chi connectivity index (χ1v) is 8.19. The van der Waals surface area contributed by atoms with Crippen molar-refractivity contribution in [3.63, 3.8) is 0 Å². The highest BCUT2D eigenvalue weighted by Crippen LogP contribution is 2.34. The lowest BCUT2D eigenvalue weighted by Crippen LogP contribution is -2.49. The minimum Gasteiger partial charge on any atom is -0.493 e. The van der Waals surface area contributed by atoms with Gasteiger partial charge in [-0.05, 0) is 43.9 Å². The van der Waals surface area contributed by atoms with Crippen molar-refractivity contribution in [2.75, 3.05) is 27.8 Å². The molecule has 1 aliphatic heterocycles. The Kier molecular flexibility index (Phi) is 6.67. The van der Waals surface area contributed by atoms with Crippen LogP contribution in [-0.2, 0) is 9.63 Å². The number of nitrogens with zero attached hydrogens (tertiary/aromatic N) is 2. The summed E-state index contributed by atoms with van der Waals surface area (Å²) in [4.78, 5) is 18.1. The van der Waals surface area contributed by atoms with Crippen molar-refractivity contribution in [1.82, 2.24) is 9.96 Å². The van der Waals surface area contributed by atoms with Crippen LogP contribution in [0.4, 0.5) is 0 Å². The van der Waals surface area contributed by atoms with Crippen LogP contribution in [0.25, 0.3) is 0 Å². The lowest BCUT2D eigenvalue weighted by atomic mass is 10.0. The highest BCUT2D eigenvalue weighted by atomic mass is 16.7. The fraction of sp³-hybridized carbons (Fsp3) is 0.556. The van der Waals surface area contributed by atoms with Crippen LogP contribution < -0.4 is 9.47 Å². The zero-order valence-corrected chi connectivity index (χ0v) is 14.8. The summed E-state index contributed by atoms with van der Waals surface area (Å²) in [7, 11) is 5.12. The summed E-state index contributed by atoms with van der Waals surface area (Å²) in [5, 5.41) is 1.72. The van der Waals surface area contributed by atoms with Gasteiger partial charge in [0, 0.05) is 19.6 Å². The minimum atomic E-state index is 0.103. The lowest BCUT2D eigenvalue weighted by molar-refractivity contribution is -0.175. The number of piperidine rings is 1. The Morgan fingerprint density at radius 2 is 2.04 bits per heavy atom. The van der Waals surface area contributed by atoms with E-state index in [0.29, 0.717) is 0 Å². The summed E-state index contributed by atoms with van der Waals surface area (Å²) in [6.07, 6.45) is 4.42. The number of hydrogen-bond acceptors (Lipinski definition) is 6. The predicted octanol–water partition coefficient (Wildman–Crippen LogP) is 2.79. The zero-order valence-electron chi connectivity index (χ0n) is 14.8. The normalized spacial score (nSPS) is 19.5. The molecule has 1 heterocycles. The fourth-order valence-corrected chi connectivity index (χ4v) is 3.26. The Morgan fingerprint density at radius 1 is 1.29 bits per heavy atom. The molecule has 1 saturated heterocycles. The van der Waals surface area contributed by atoms with E-state index in [1.807, 2.05) is 19.2 Å². The molecule has 0 aliphatic carbocycles. The van der Waals surface area contributed by atoms with Crippen LogP contribution in [0.3, 0.4) is 0 Å². The molecule has 6 nitrogen and oxygen atoms in total. The Labute approximate surface area is 143 Å². The highest BCUT2D eigenvalue weighted by Gasteiger charge is 2.31. The maximum atomic E-state index is 10.4. The standard InChI is InChI=1S/C18H26N2O4/c1-14(15-8-9-16(22-3)17(13-15)23-4)20-10-6-5-7-18(20)19(2)24-12-11-21/h8-9,12-14,18H,5-7,10H2,1-4H3. The summed E-state index contributed by atoms with van der Waals surface area (Å²) >= 11 is 0. The molecule has 132 valence electrons. The summed E-state index contributed by atoms with van der Waals surface area (Å²) in [6.45, 7) is 3.14. The maximum absolute atomic E-state index is 10.4. The molecule has 1 aromatic rings. The number of hydrogen-bond donors (Lipinski definition) is 0. The summed E-state index contributed by atoms with van der Waals surface area (Å²) in [5.41, 5.74) is 1.15. The number of benzene rings is 1. The number of rotatable bonds is 7. The lowest BCUT2D eigenvalue weighted by Gasteiger charge is -2.43. The van der Waals surface area contributed by atoms with Crippen LogP contribution >= 0.6 is 0 Å². The van der Waals surface area contributed by atoms with Gasteiger partial charge in [-0.3, -0.25) is 4.90 Å². The van der Waals surface area contributed by atoms with Gasteiger partial charge in [0.1, 0.15) is 0 Å². The molecule has 1 aromatic carbocycles. The van der Waals surface area contributed by atoms with Crippen LogP contribution in [0.2, 0.25) is 0 Å². The molecule has 1 fully saturated rings. The van der Waals surface area contributed by atoms with E-state index in [1.54, 1.807) is 25.2 Å². The molecule has 6 heteroatoms. The van der Waals surface area contributed by atoms with Gasteiger partial charge in [0.15, 0.2) is 23.7 Å². The molecule has 0 amide bonds. The number of likely N-dealkylation sites (tertiary alicyclic amines) is 1. The Hall–Kier alpha value is -2.01. The second-order valence-corrected chi connectivity index (χ2v) is 5.89. The Bertz CT molecular complexity index is 586. The van der Waals surface area contributed by atoms with E-state index in [0.717, 1.165) is 49.1 Å². The fourth-order valence-electron chi connectivity index (χ4n) is 3.26. The molecule has 0 spiro atoms. The molecule has 0 bridgehead atoms. The largest absolute Gasteiger partial charge is 0.493 e. The van der Waals surface area contributed by atoms with E-state index in [2.05, 4.69) is 17.9 Å². The van der Waals surface area contributed by atoms with Gasteiger partial charge in [-0.2, -0.15) is 0 Å². The SMILES string of the molecule is COc1ccc(C(C)N2CCCCC2N(C)OC=C=O)cc1OC. The van der Waals surface area contributed by atoms with Crippen molar-refractivity contribution in [2.24, 2.45) is 0 Å². The third-order valence-corrected chi connectivity index (χ3v) is 4.59. The van der Waals surface area contributed by atoms with Crippen molar-refractivity contribution in [3.8, 4) is 11.5 Å². The van der Waals surface area contributed by atoms with E-state index in [1.165, 1.54) is 0 Å². The van der Waals surface area contributed by atoms with Crippen molar-refractivity contribution >= 4 is 5.94 Å². The second-order valence-electron chi connectivity index (χ2n) is 5.89. The van der Waals surface area contributed by atoms with Gasteiger partial charge >= 0.3 is 0 Å². The van der Waals surface area contributed by atoms with Crippen LogP contribution in [0.5, 0.6) is 11.5 Å². The predicted molar refractivity (Wildman–Crippen MR) is 91.4 cm³/mol. The molecule has 2 rings (SSSR count). The van der Waals surface area contributed by atoms with Gasteiger partial charge in [0.25, 0.3) is 0 Å². The summed E-state index contributed by atoms with van der Waals surface area (Å²) < 4.78 is 10.7. The molecule has 0 radical (unpaired) electrons. The molecule has 1 aliphatic rings. The summed E-state index contributed by atoms with van der Waals surface area (Å²) in [6, 6.07) is 6.19. The monoisotopic (exact) mass is 334 g/mol. The van der Waals surface area contributed by atoms with E-state index < -0.39 is 0 Å². The van der Waals surface area contributed by atoms with Crippen LogP contribution in [-0.4, -0.2) is 49.9 Å². The molecular formula is C18H26N2O4. The summed E-state index contributed by atoms with van der Waals surface area (Å²) in [5.74, 6) is 3.10. The number of hydroxylamine groups is 2. The second kappa shape index (κ2) is 8.73. The average Bonchev–Trinajstić information content (AvgIpc) is 2.64. The van der Waals surface area contributed by atoms with E-state index in [-0.39, 0.29) is 12.2 Å². The van der Waals surface area contributed by atoms with Gasteiger partial charge in [-0.15, -0.1) is 5.06 Å². The maximum Gasteiger partial charge on any atom is 0.194 e. The van der Waals surface area contributed by atoms with Gasteiger partial charge in [0.2, 0.25) is 0 Å². The third kappa shape index (κ3) is 4.09. The molecule has 2 unspecified atom stereocenters. The number of carbonyl (C=O) groups excluding carboxylic acids is 1. The minimum absolute atomic E-state index is 0.103. The number of methoxy groups -OCH3 is 2. The molecule has 2 atom stereocenters. The molecule has 0 aromatic heterocycles. The first-order chi connectivity index (χ1) is 11.6. The molecule has 0 N–H and O–H groups in total. The van der Waals surface area contributed by atoms with Gasteiger partial charge in [-0.1, -0.05) is 6.07 Å². The van der Waals surface area contributed by atoms with Crippen LogP contribution in [0.1, 0.15) is 37.8 Å². The van der Waals surface area contributed by atoms with Gasteiger partial charge in [0.05, 0.1) is 20.4 Å². The van der Waals surface area contributed by atoms with Crippen molar-refractivity contribution in [3.05, 3.63) is 30.0 Å². The van der Waals surface area contributed by atoms with Crippen molar-refractivity contribution in [2.45, 2.75) is 38.4 Å². The van der Waals surface area contributed by atoms with Gasteiger partial charge in [-0.25, -0.2) is 4.79 Å². The van der Waals surface area contributed by atoms with E-state index >= 15 is 0 Å². The van der Waals surface area contributed by atoms with Crippen molar-refractivity contribution in [1.29, 1.82) is 0 Å². The van der Waals surface area contributed by atoms with Crippen molar-refractivity contribution < 1.29 is 19.1 Å². The Balaban J connectivity index is 2.21. The average molecular weight is 334 g/mol. The topological polar surface area (TPSA) is 51.2 Å².